The smallest absolute Gasteiger partial charge is 0.310 e. The molecule has 0 fully saturated rings. The van der Waals surface area contributed by atoms with E-state index in [1.165, 1.54) is 18.4 Å². The molecular formula is C17H28O2. The number of carbonyl (C=O) groups is 1. The van der Waals surface area contributed by atoms with Gasteiger partial charge in [0.1, 0.15) is 0 Å². The van der Waals surface area contributed by atoms with Gasteiger partial charge in [0.05, 0.1) is 5.92 Å². The normalized spacial score (nSPS) is 13.1. The number of hydrogen-bond acceptors (Lipinski definition) is 1. The van der Waals surface area contributed by atoms with Crippen molar-refractivity contribution in [1.82, 2.24) is 0 Å². The molecule has 0 spiro atoms. The highest BCUT2D eigenvalue weighted by atomic mass is 16.4. The number of aliphatic carboxylic acids is 1. The van der Waals surface area contributed by atoms with Gasteiger partial charge in [-0.25, -0.2) is 0 Å². The zero-order chi connectivity index (χ0) is 14.8. The Balaban J connectivity index is 0.00000154. The maximum atomic E-state index is 10.8. The Labute approximate surface area is 117 Å². The summed E-state index contributed by atoms with van der Waals surface area (Å²) >= 11 is 0. The van der Waals surface area contributed by atoms with Crippen molar-refractivity contribution in [2.75, 3.05) is 0 Å². The van der Waals surface area contributed by atoms with Crippen molar-refractivity contribution in [1.29, 1.82) is 0 Å². The van der Waals surface area contributed by atoms with E-state index in [0.29, 0.717) is 5.92 Å². The van der Waals surface area contributed by atoms with Crippen molar-refractivity contribution in [3.8, 4) is 0 Å². The van der Waals surface area contributed by atoms with Crippen LogP contribution in [0.5, 0.6) is 0 Å². The summed E-state index contributed by atoms with van der Waals surface area (Å²) in [5, 5.41) is 8.92. The van der Waals surface area contributed by atoms with E-state index >= 15 is 0 Å². The lowest BCUT2D eigenvalue weighted by atomic mass is 9.94. The van der Waals surface area contributed by atoms with Crippen molar-refractivity contribution < 1.29 is 9.90 Å². The van der Waals surface area contributed by atoms with Crippen LogP contribution in [0.25, 0.3) is 0 Å². The summed E-state index contributed by atoms with van der Waals surface area (Å²) in [4.78, 5) is 10.8. The molecule has 0 radical (unpaired) electrons. The lowest BCUT2D eigenvalue weighted by molar-refractivity contribution is -0.138. The third-order valence-electron chi connectivity index (χ3n) is 3.22. The molecule has 0 amide bonds. The second kappa shape index (κ2) is 9.60. The first kappa shape index (κ1) is 17.7. The minimum atomic E-state index is -0.767. The fourth-order valence-corrected chi connectivity index (χ4v) is 2.08. The predicted molar refractivity (Wildman–Crippen MR) is 81.6 cm³/mol. The summed E-state index contributed by atoms with van der Waals surface area (Å²) in [6.45, 7) is 10.2. The highest BCUT2D eigenvalue weighted by molar-refractivity contribution is 5.75. The van der Waals surface area contributed by atoms with Gasteiger partial charge >= 0.3 is 5.97 Å². The molecule has 2 nitrogen and oxygen atoms in total. The van der Waals surface area contributed by atoms with Crippen LogP contribution < -0.4 is 0 Å². The molecule has 0 heterocycles. The Hall–Kier alpha value is -1.31. The van der Waals surface area contributed by atoms with Crippen LogP contribution in [0.15, 0.2) is 24.3 Å². The maximum Gasteiger partial charge on any atom is 0.310 e. The van der Waals surface area contributed by atoms with Crippen molar-refractivity contribution in [3.05, 3.63) is 35.4 Å². The summed E-state index contributed by atoms with van der Waals surface area (Å²) in [7, 11) is 0. The van der Waals surface area contributed by atoms with Crippen LogP contribution in [-0.2, 0) is 11.2 Å². The standard InChI is InChI=1S/C15H22O2.C2H6/c1-4-5-11(2)10-13-6-8-14(9-7-13)12(3)15(16)17;1-2/h6-9,11-12H,4-5,10H2,1-3H3,(H,16,17);1-2H3. The lowest BCUT2D eigenvalue weighted by Gasteiger charge is -2.11. The minimum Gasteiger partial charge on any atom is -0.481 e. The lowest BCUT2D eigenvalue weighted by Crippen LogP contribution is -2.07. The molecule has 1 aromatic rings. The van der Waals surface area contributed by atoms with Crippen LogP contribution in [0.1, 0.15) is 64.5 Å². The van der Waals surface area contributed by atoms with Gasteiger partial charge < -0.3 is 5.11 Å². The van der Waals surface area contributed by atoms with Crippen LogP contribution in [0, 0.1) is 5.92 Å². The van der Waals surface area contributed by atoms with Gasteiger partial charge in [-0.05, 0) is 30.4 Å². The van der Waals surface area contributed by atoms with Gasteiger partial charge in [0, 0.05) is 0 Å². The van der Waals surface area contributed by atoms with Crippen LogP contribution in [0.4, 0.5) is 0 Å². The topological polar surface area (TPSA) is 37.3 Å². The minimum absolute atomic E-state index is 0.419. The molecule has 0 aromatic heterocycles. The Kier molecular flexibility index (Phi) is 8.94. The van der Waals surface area contributed by atoms with E-state index in [0.717, 1.165) is 12.0 Å². The summed E-state index contributed by atoms with van der Waals surface area (Å²) in [5.74, 6) is -0.489. The molecule has 19 heavy (non-hydrogen) atoms. The fraction of sp³-hybridized carbons (Fsp3) is 0.588. The van der Waals surface area contributed by atoms with Crippen molar-refractivity contribution in [2.45, 2.75) is 59.8 Å². The molecule has 0 aliphatic rings. The van der Waals surface area contributed by atoms with E-state index in [4.69, 9.17) is 5.11 Å². The molecule has 0 aliphatic heterocycles. The summed E-state index contributed by atoms with van der Waals surface area (Å²) < 4.78 is 0. The first-order valence-electron chi connectivity index (χ1n) is 7.36. The predicted octanol–water partition coefficient (Wildman–Crippen LogP) is 4.88. The molecule has 2 atom stereocenters. The van der Waals surface area contributed by atoms with Gasteiger partial charge in [-0.15, -0.1) is 0 Å². The molecule has 0 bridgehead atoms. The van der Waals surface area contributed by atoms with E-state index < -0.39 is 11.9 Å². The molecule has 108 valence electrons. The van der Waals surface area contributed by atoms with Gasteiger partial charge in [-0.3, -0.25) is 4.79 Å². The van der Waals surface area contributed by atoms with Gasteiger partial charge in [0.25, 0.3) is 0 Å². The number of carboxylic acid groups (broad SMARTS) is 1. The maximum absolute atomic E-state index is 10.8. The van der Waals surface area contributed by atoms with Gasteiger partial charge in [-0.1, -0.05) is 64.8 Å². The SMILES string of the molecule is CC.CCCC(C)Cc1ccc(C(C)C(=O)O)cc1. The first-order valence-corrected chi connectivity index (χ1v) is 7.36. The molecule has 2 heteroatoms. The average molecular weight is 264 g/mol. The third kappa shape index (κ3) is 6.42. The van der Waals surface area contributed by atoms with Crippen LogP contribution in [0.2, 0.25) is 0 Å². The molecule has 2 unspecified atom stereocenters. The Morgan fingerprint density at radius 1 is 1.16 bits per heavy atom. The Bertz CT molecular complexity index is 354. The van der Waals surface area contributed by atoms with Crippen molar-refractivity contribution in [3.63, 3.8) is 0 Å². The van der Waals surface area contributed by atoms with Crippen LogP contribution in [-0.4, -0.2) is 11.1 Å². The number of benzene rings is 1. The fourth-order valence-electron chi connectivity index (χ4n) is 2.08. The largest absolute Gasteiger partial charge is 0.481 e. The van der Waals surface area contributed by atoms with E-state index in [1.54, 1.807) is 6.92 Å². The monoisotopic (exact) mass is 264 g/mol. The Morgan fingerprint density at radius 2 is 1.68 bits per heavy atom. The van der Waals surface area contributed by atoms with E-state index in [1.807, 2.05) is 26.0 Å². The average Bonchev–Trinajstić information content (AvgIpc) is 2.41. The second-order valence-electron chi connectivity index (χ2n) is 4.90. The molecule has 1 aromatic carbocycles. The van der Waals surface area contributed by atoms with E-state index in [-0.39, 0.29) is 0 Å². The molecule has 0 saturated carbocycles. The quantitative estimate of drug-likeness (QED) is 0.795. The van der Waals surface area contributed by atoms with Crippen molar-refractivity contribution >= 4 is 5.97 Å². The molecule has 0 saturated heterocycles. The molecular weight excluding hydrogens is 236 g/mol. The van der Waals surface area contributed by atoms with Crippen molar-refractivity contribution in [2.24, 2.45) is 5.92 Å². The zero-order valence-electron chi connectivity index (χ0n) is 12.9. The molecule has 0 aliphatic carbocycles. The summed E-state index contributed by atoms with van der Waals surface area (Å²) in [5.41, 5.74) is 2.18. The van der Waals surface area contributed by atoms with E-state index in [9.17, 15) is 4.79 Å². The zero-order valence-corrected chi connectivity index (χ0v) is 12.9. The van der Waals surface area contributed by atoms with Crippen LogP contribution in [0.3, 0.4) is 0 Å². The summed E-state index contributed by atoms with van der Waals surface area (Å²) in [6, 6.07) is 7.99. The highest BCUT2D eigenvalue weighted by Crippen LogP contribution is 2.18. The van der Waals surface area contributed by atoms with Gasteiger partial charge in [-0.2, -0.15) is 0 Å². The van der Waals surface area contributed by atoms with Gasteiger partial charge in [0.15, 0.2) is 0 Å². The molecule has 1 N–H and O–H groups in total. The third-order valence-corrected chi connectivity index (χ3v) is 3.22. The highest BCUT2D eigenvalue weighted by Gasteiger charge is 2.13. The first-order chi connectivity index (χ1) is 9.04. The number of rotatable bonds is 6. The van der Waals surface area contributed by atoms with E-state index in [2.05, 4.69) is 26.0 Å². The number of carboxylic acids is 1. The molecule has 1 rings (SSSR count). The van der Waals surface area contributed by atoms with Gasteiger partial charge in [0.2, 0.25) is 0 Å². The second-order valence-corrected chi connectivity index (χ2v) is 4.90. The summed E-state index contributed by atoms with van der Waals surface area (Å²) in [6.07, 6.45) is 3.54. The van der Waals surface area contributed by atoms with Crippen LogP contribution >= 0.6 is 0 Å². The Morgan fingerprint density at radius 3 is 2.11 bits per heavy atom. The number of hydrogen-bond donors (Lipinski definition) is 1.